The predicted molar refractivity (Wildman–Crippen MR) is 82.1 cm³/mol. The maximum absolute atomic E-state index is 11.5. The van der Waals surface area contributed by atoms with Gasteiger partial charge in [0.15, 0.2) is 0 Å². The molecule has 1 heterocycles. The van der Waals surface area contributed by atoms with Crippen molar-refractivity contribution in [2.24, 2.45) is 0 Å². The van der Waals surface area contributed by atoms with Gasteiger partial charge in [-0.25, -0.2) is 4.79 Å². The van der Waals surface area contributed by atoms with Crippen LogP contribution < -0.4 is 0 Å². The molecule has 0 radical (unpaired) electrons. The van der Waals surface area contributed by atoms with Gasteiger partial charge >= 0.3 is 5.97 Å². The molecular weight excluding hydrogens is 318 g/mol. The van der Waals surface area contributed by atoms with Crippen molar-refractivity contribution < 1.29 is 9.90 Å². The maximum atomic E-state index is 11.5. The second-order valence-electron chi connectivity index (χ2n) is 4.58. The van der Waals surface area contributed by atoms with Crippen LogP contribution in [-0.2, 0) is 6.54 Å². The van der Waals surface area contributed by atoms with Gasteiger partial charge in [-0.15, -0.1) is 0 Å². The molecule has 0 bridgehead atoms. The molecule has 20 heavy (non-hydrogen) atoms. The SMILES string of the molecule is O=C(O)c1cc2c(Br)cccc2n1Cc1ccccc1. The lowest BCUT2D eigenvalue weighted by molar-refractivity contribution is 0.0686. The number of nitrogens with zero attached hydrogens (tertiary/aromatic N) is 1. The van der Waals surface area contributed by atoms with Crippen LogP contribution in [0.5, 0.6) is 0 Å². The molecule has 0 fully saturated rings. The van der Waals surface area contributed by atoms with Crippen LogP contribution in [0.1, 0.15) is 16.1 Å². The Kier molecular flexibility index (Phi) is 3.32. The zero-order chi connectivity index (χ0) is 14.1. The summed E-state index contributed by atoms with van der Waals surface area (Å²) in [6.45, 7) is 0.544. The summed E-state index contributed by atoms with van der Waals surface area (Å²) in [7, 11) is 0. The van der Waals surface area contributed by atoms with Gasteiger partial charge in [0.2, 0.25) is 0 Å². The van der Waals surface area contributed by atoms with Crippen LogP contribution in [-0.4, -0.2) is 15.6 Å². The van der Waals surface area contributed by atoms with Gasteiger partial charge < -0.3 is 9.67 Å². The Labute approximate surface area is 124 Å². The quantitative estimate of drug-likeness (QED) is 0.784. The third kappa shape index (κ3) is 2.23. The number of hydrogen-bond donors (Lipinski definition) is 1. The fraction of sp³-hybridized carbons (Fsp3) is 0.0625. The summed E-state index contributed by atoms with van der Waals surface area (Å²) in [5.41, 5.74) is 2.30. The summed E-state index contributed by atoms with van der Waals surface area (Å²) in [5.74, 6) is -0.913. The normalized spacial score (nSPS) is 10.8. The summed E-state index contributed by atoms with van der Waals surface area (Å²) >= 11 is 3.47. The Hall–Kier alpha value is -2.07. The van der Waals surface area contributed by atoms with E-state index in [1.54, 1.807) is 6.07 Å². The number of carbonyl (C=O) groups is 1. The summed E-state index contributed by atoms with van der Waals surface area (Å²) in [4.78, 5) is 11.5. The largest absolute Gasteiger partial charge is 0.477 e. The Morgan fingerprint density at radius 1 is 1.10 bits per heavy atom. The number of carboxylic acid groups (broad SMARTS) is 1. The zero-order valence-corrected chi connectivity index (χ0v) is 12.2. The number of rotatable bonds is 3. The minimum Gasteiger partial charge on any atom is -0.477 e. The molecule has 0 amide bonds. The standard InChI is InChI=1S/C16H12BrNO2/c17-13-7-4-8-14-12(13)9-15(16(19)20)18(14)10-11-5-2-1-3-6-11/h1-9H,10H2,(H,19,20). The summed E-state index contributed by atoms with van der Waals surface area (Å²) in [6.07, 6.45) is 0. The molecule has 0 unspecified atom stereocenters. The molecular formula is C16H12BrNO2. The number of hydrogen-bond acceptors (Lipinski definition) is 1. The molecule has 3 nitrogen and oxygen atoms in total. The van der Waals surface area contributed by atoms with Gasteiger partial charge in [0.05, 0.1) is 5.52 Å². The lowest BCUT2D eigenvalue weighted by Crippen LogP contribution is -2.09. The minimum atomic E-state index is -0.913. The fourth-order valence-electron chi connectivity index (χ4n) is 2.36. The van der Waals surface area contributed by atoms with Gasteiger partial charge in [-0.2, -0.15) is 0 Å². The molecule has 3 rings (SSSR count). The van der Waals surface area contributed by atoms with E-state index in [0.29, 0.717) is 12.2 Å². The number of halogens is 1. The van der Waals surface area contributed by atoms with E-state index in [1.165, 1.54) is 0 Å². The minimum absolute atomic E-state index is 0.302. The van der Waals surface area contributed by atoms with E-state index in [9.17, 15) is 9.90 Å². The van der Waals surface area contributed by atoms with Crippen LogP contribution in [0.2, 0.25) is 0 Å². The number of carboxylic acids is 1. The lowest BCUT2D eigenvalue weighted by atomic mass is 10.2. The molecule has 0 saturated heterocycles. The van der Waals surface area contributed by atoms with E-state index in [1.807, 2.05) is 53.1 Å². The van der Waals surface area contributed by atoms with Crippen LogP contribution in [0.3, 0.4) is 0 Å². The van der Waals surface area contributed by atoms with E-state index in [2.05, 4.69) is 15.9 Å². The Morgan fingerprint density at radius 3 is 2.55 bits per heavy atom. The third-order valence-corrected chi connectivity index (χ3v) is 3.99. The molecule has 0 atom stereocenters. The summed E-state index contributed by atoms with van der Waals surface area (Å²) < 4.78 is 2.74. The molecule has 0 aliphatic carbocycles. The third-order valence-electron chi connectivity index (χ3n) is 3.30. The van der Waals surface area contributed by atoms with Crippen molar-refractivity contribution in [2.75, 3.05) is 0 Å². The first-order chi connectivity index (χ1) is 9.66. The highest BCUT2D eigenvalue weighted by Gasteiger charge is 2.16. The van der Waals surface area contributed by atoms with Gasteiger partial charge in [-0.05, 0) is 23.8 Å². The topological polar surface area (TPSA) is 42.2 Å². The highest BCUT2D eigenvalue weighted by molar-refractivity contribution is 9.10. The van der Waals surface area contributed by atoms with Crippen LogP contribution in [0.15, 0.2) is 59.1 Å². The monoisotopic (exact) mass is 329 g/mol. The first kappa shape index (κ1) is 12.9. The molecule has 0 aliphatic rings. The first-order valence-electron chi connectivity index (χ1n) is 6.22. The van der Waals surface area contributed by atoms with Gasteiger partial charge in [-0.3, -0.25) is 0 Å². The van der Waals surface area contributed by atoms with Crippen molar-refractivity contribution in [3.63, 3.8) is 0 Å². The molecule has 100 valence electrons. The average Bonchev–Trinajstić information content (AvgIpc) is 2.81. The van der Waals surface area contributed by atoms with Crippen molar-refractivity contribution in [2.45, 2.75) is 6.54 Å². The highest BCUT2D eigenvalue weighted by Crippen LogP contribution is 2.28. The molecule has 4 heteroatoms. The van der Waals surface area contributed by atoms with E-state index in [-0.39, 0.29) is 0 Å². The maximum Gasteiger partial charge on any atom is 0.352 e. The number of fused-ring (bicyclic) bond motifs is 1. The summed E-state index contributed by atoms with van der Waals surface area (Å²) in [6, 6.07) is 17.3. The fourth-order valence-corrected chi connectivity index (χ4v) is 2.83. The second kappa shape index (κ2) is 5.13. The summed E-state index contributed by atoms with van der Waals surface area (Å²) in [5, 5.41) is 10.3. The average molecular weight is 330 g/mol. The van der Waals surface area contributed by atoms with Crippen LogP contribution >= 0.6 is 15.9 Å². The van der Waals surface area contributed by atoms with E-state index < -0.39 is 5.97 Å². The van der Waals surface area contributed by atoms with Crippen molar-refractivity contribution in [3.8, 4) is 0 Å². The molecule has 0 saturated carbocycles. The zero-order valence-electron chi connectivity index (χ0n) is 10.6. The van der Waals surface area contributed by atoms with Crippen molar-refractivity contribution in [3.05, 3.63) is 70.3 Å². The van der Waals surface area contributed by atoms with Gasteiger partial charge in [0.1, 0.15) is 5.69 Å². The van der Waals surface area contributed by atoms with Gasteiger partial charge in [-0.1, -0.05) is 52.3 Å². The number of aromatic carboxylic acids is 1. The van der Waals surface area contributed by atoms with Crippen molar-refractivity contribution >= 4 is 32.8 Å². The predicted octanol–water partition coefficient (Wildman–Crippen LogP) is 4.15. The highest BCUT2D eigenvalue weighted by atomic mass is 79.9. The lowest BCUT2D eigenvalue weighted by Gasteiger charge is -2.08. The smallest absolute Gasteiger partial charge is 0.352 e. The molecule has 2 aromatic carbocycles. The van der Waals surface area contributed by atoms with Gasteiger partial charge in [0, 0.05) is 16.4 Å². The molecule has 0 spiro atoms. The Morgan fingerprint density at radius 2 is 1.85 bits per heavy atom. The molecule has 3 aromatic rings. The van der Waals surface area contributed by atoms with Crippen LogP contribution in [0, 0.1) is 0 Å². The number of aromatic nitrogens is 1. The molecule has 0 aliphatic heterocycles. The number of benzene rings is 2. The molecule has 1 N–H and O–H groups in total. The van der Waals surface area contributed by atoms with Crippen LogP contribution in [0.25, 0.3) is 10.9 Å². The van der Waals surface area contributed by atoms with E-state index in [0.717, 1.165) is 20.9 Å². The van der Waals surface area contributed by atoms with E-state index >= 15 is 0 Å². The Balaban J connectivity index is 2.19. The second-order valence-corrected chi connectivity index (χ2v) is 5.43. The van der Waals surface area contributed by atoms with Crippen molar-refractivity contribution in [1.82, 2.24) is 4.57 Å². The molecule has 1 aromatic heterocycles. The Bertz CT molecular complexity index is 778. The van der Waals surface area contributed by atoms with Crippen molar-refractivity contribution in [1.29, 1.82) is 0 Å². The van der Waals surface area contributed by atoms with Gasteiger partial charge in [0.25, 0.3) is 0 Å². The van der Waals surface area contributed by atoms with Crippen LogP contribution in [0.4, 0.5) is 0 Å². The van der Waals surface area contributed by atoms with E-state index in [4.69, 9.17) is 0 Å². The first-order valence-corrected chi connectivity index (χ1v) is 7.01.